The van der Waals surface area contributed by atoms with Crippen LogP contribution >= 0.6 is 0 Å². The summed E-state index contributed by atoms with van der Waals surface area (Å²) in [5.41, 5.74) is 6.40. The summed E-state index contributed by atoms with van der Waals surface area (Å²) in [6.45, 7) is 6.06. The molecule has 3 rings (SSSR count). The molecular formula is C14H25N3O. The lowest BCUT2D eigenvalue weighted by Gasteiger charge is -2.63. The summed E-state index contributed by atoms with van der Waals surface area (Å²) in [6, 6.07) is 0.509. The predicted octanol–water partition coefficient (Wildman–Crippen LogP) is 1.50. The number of aliphatic imine (C=N–C) groups is 1. The smallest absolute Gasteiger partial charge is 0.188 e. The van der Waals surface area contributed by atoms with Gasteiger partial charge in [0.1, 0.15) is 0 Å². The Morgan fingerprint density at radius 3 is 2.89 bits per heavy atom. The molecule has 4 nitrogen and oxygen atoms in total. The third-order valence-corrected chi connectivity index (χ3v) is 4.97. The maximum atomic E-state index is 6.01. The first-order valence-electron chi connectivity index (χ1n) is 7.31. The van der Waals surface area contributed by atoms with Gasteiger partial charge >= 0.3 is 0 Å². The van der Waals surface area contributed by atoms with Crippen molar-refractivity contribution in [2.45, 2.75) is 51.7 Å². The highest BCUT2D eigenvalue weighted by atomic mass is 16.5. The second-order valence-electron chi connectivity index (χ2n) is 6.57. The molecule has 2 aliphatic carbocycles. The van der Waals surface area contributed by atoms with E-state index < -0.39 is 0 Å². The minimum absolute atomic E-state index is 0.388. The second kappa shape index (κ2) is 4.41. The molecule has 3 unspecified atom stereocenters. The van der Waals surface area contributed by atoms with Gasteiger partial charge < -0.3 is 15.8 Å². The van der Waals surface area contributed by atoms with Crippen molar-refractivity contribution in [3.8, 4) is 0 Å². The molecule has 3 atom stereocenters. The molecule has 0 amide bonds. The van der Waals surface area contributed by atoms with Crippen molar-refractivity contribution in [1.82, 2.24) is 5.32 Å². The Bertz CT molecular complexity index is 349. The van der Waals surface area contributed by atoms with Crippen molar-refractivity contribution in [1.29, 1.82) is 0 Å². The van der Waals surface area contributed by atoms with Crippen LogP contribution < -0.4 is 11.1 Å². The summed E-state index contributed by atoms with van der Waals surface area (Å²) in [4.78, 5) is 4.43. The highest BCUT2D eigenvalue weighted by Gasteiger charge is 2.66. The highest BCUT2D eigenvalue weighted by Crippen LogP contribution is 2.62. The van der Waals surface area contributed by atoms with Crippen molar-refractivity contribution in [2.24, 2.45) is 28.0 Å². The van der Waals surface area contributed by atoms with Gasteiger partial charge in [-0.25, -0.2) is 0 Å². The molecule has 1 saturated heterocycles. The largest absolute Gasteiger partial charge is 0.377 e. The van der Waals surface area contributed by atoms with E-state index in [1.54, 1.807) is 0 Å². The van der Waals surface area contributed by atoms with E-state index in [2.05, 4.69) is 24.2 Å². The van der Waals surface area contributed by atoms with Gasteiger partial charge in [-0.3, -0.25) is 4.99 Å². The summed E-state index contributed by atoms with van der Waals surface area (Å²) in [6.07, 6.45) is 5.61. The Kier molecular flexibility index (Phi) is 3.00. The number of nitrogens with one attached hydrogen (secondary N) is 1. The predicted molar refractivity (Wildman–Crippen MR) is 72.4 cm³/mol. The summed E-state index contributed by atoms with van der Waals surface area (Å²) < 4.78 is 5.90. The quantitative estimate of drug-likeness (QED) is 0.590. The van der Waals surface area contributed by atoms with Crippen molar-refractivity contribution >= 4 is 5.96 Å². The van der Waals surface area contributed by atoms with Crippen LogP contribution in [0.4, 0.5) is 0 Å². The standard InChI is InChI=1S/C14H25N3O/c1-9(2)8-16-13(15)17-11-10-4-7-18-12(10)14(11)5-3-6-14/h9-12H,3-8H2,1-2H3,(H3,15,16,17). The van der Waals surface area contributed by atoms with Crippen LogP contribution in [-0.2, 0) is 4.74 Å². The monoisotopic (exact) mass is 251 g/mol. The lowest BCUT2D eigenvalue weighted by atomic mass is 9.46. The maximum absolute atomic E-state index is 6.01. The van der Waals surface area contributed by atoms with Gasteiger partial charge in [0, 0.05) is 30.5 Å². The molecule has 0 aromatic rings. The first-order valence-corrected chi connectivity index (χ1v) is 7.31. The Labute approximate surface area is 109 Å². The lowest BCUT2D eigenvalue weighted by Crippen LogP contribution is -2.72. The zero-order chi connectivity index (χ0) is 12.8. The van der Waals surface area contributed by atoms with E-state index in [1.807, 2.05) is 0 Å². The van der Waals surface area contributed by atoms with Gasteiger partial charge in [0.15, 0.2) is 5.96 Å². The van der Waals surface area contributed by atoms with E-state index in [1.165, 1.54) is 25.7 Å². The maximum Gasteiger partial charge on any atom is 0.188 e. The fraction of sp³-hybridized carbons (Fsp3) is 0.929. The van der Waals surface area contributed by atoms with Gasteiger partial charge in [-0.15, -0.1) is 0 Å². The van der Waals surface area contributed by atoms with Crippen LogP contribution in [0.1, 0.15) is 39.5 Å². The molecule has 0 aromatic heterocycles. The minimum Gasteiger partial charge on any atom is -0.377 e. The first-order chi connectivity index (χ1) is 8.63. The molecule has 0 radical (unpaired) electrons. The Hall–Kier alpha value is -0.770. The molecule has 1 spiro atoms. The SMILES string of the molecule is CC(C)CN=C(N)NC1C2CCOC2C12CCC2. The van der Waals surface area contributed by atoms with Crippen molar-refractivity contribution in [3.63, 3.8) is 0 Å². The Morgan fingerprint density at radius 1 is 1.50 bits per heavy atom. The Balaban J connectivity index is 1.63. The summed E-state index contributed by atoms with van der Waals surface area (Å²) in [7, 11) is 0. The fourth-order valence-electron chi connectivity index (χ4n) is 3.94. The molecule has 3 N–H and O–H groups in total. The zero-order valence-corrected chi connectivity index (χ0v) is 11.5. The topological polar surface area (TPSA) is 59.6 Å². The first kappa shape index (κ1) is 12.3. The highest BCUT2D eigenvalue weighted by molar-refractivity contribution is 5.78. The van der Waals surface area contributed by atoms with E-state index in [9.17, 15) is 0 Å². The number of hydrogen-bond acceptors (Lipinski definition) is 2. The van der Waals surface area contributed by atoms with E-state index >= 15 is 0 Å². The summed E-state index contributed by atoms with van der Waals surface area (Å²) >= 11 is 0. The van der Waals surface area contributed by atoms with Gasteiger partial charge in [-0.2, -0.15) is 0 Å². The van der Waals surface area contributed by atoms with Crippen LogP contribution in [0.5, 0.6) is 0 Å². The van der Waals surface area contributed by atoms with Gasteiger partial charge in [0.25, 0.3) is 0 Å². The van der Waals surface area contributed by atoms with Crippen molar-refractivity contribution < 1.29 is 4.74 Å². The third kappa shape index (κ3) is 1.73. The average Bonchev–Trinajstić information content (AvgIpc) is 2.66. The van der Waals surface area contributed by atoms with E-state index in [-0.39, 0.29) is 0 Å². The molecule has 3 fully saturated rings. The fourth-order valence-corrected chi connectivity index (χ4v) is 3.94. The minimum atomic E-state index is 0.388. The lowest BCUT2D eigenvalue weighted by molar-refractivity contribution is -0.171. The van der Waals surface area contributed by atoms with Crippen molar-refractivity contribution in [2.75, 3.05) is 13.2 Å². The number of rotatable bonds is 3. The van der Waals surface area contributed by atoms with Gasteiger partial charge in [-0.1, -0.05) is 20.3 Å². The number of nitrogens with two attached hydrogens (primary N) is 1. The van der Waals surface area contributed by atoms with E-state index in [0.717, 1.165) is 13.2 Å². The van der Waals surface area contributed by atoms with Crippen LogP contribution in [-0.4, -0.2) is 31.3 Å². The molecule has 1 heterocycles. The third-order valence-electron chi connectivity index (χ3n) is 4.97. The van der Waals surface area contributed by atoms with Crippen LogP contribution in [0.2, 0.25) is 0 Å². The average molecular weight is 251 g/mol. The number of fused-ring (bicyclic) bond motifs is 2. The molecule has 1 aliphatic heterocycles. The molecule has 18 heavy (non-hydrogen) atoms. The molecule has 3 aliphatic rings. The number of hydrogen-bond donors (Lipinski definition) is 2. The Morgan fingerprint density at radius 2 is 2.28 bits per heavy atom. The zero-order valence-electron chi connectivity index (χ0n) is 11.5. The molecular weight excluding hydrogens is 226 g/mol. The van der Waals surface area contributed by atoms with E-state index in [0.29, 0.717) is 35.4 Å². The number of nitrogens with zero attached hydrogens (tertiary/aromatic N) is 1. The van der Waals surface area contributed by atoms with Crippen LogP contribution in [0.15, 0.2) is 4.99 Å². The molecule has 2 saturated carbocycles. The van der Waals surface area contributed by atoms with Crippen LogP contribution in [0.25, 0.3) is 0 Å². The second-order valence-corrected chi connectivity index (χ2v) is 6.57. The number of guanidine groups is 1. The van der Waals surface area contributed by atoms with Gasteiger partial charge in [-0.05, 0) is 25.2 Å². The van der Waals surface area contributed by atoms with Crippen LogP contribution in [0.3, 0.4) is 0 Å². The molecule has 0 bridgehead atoms. The molecule has 4 heteroatoms. The molecule has 0 aromatic carbocycles. The van der Waals surface area contributed by atoms with Gasteiger partial charge in [0.05, 0.1) is 6.10 Å². The van der Waals surface area contributed by atoms with E-state index in [4.69, 9.17) is 10.5 Å². The normalized spacial score (nSPS) is 37.3. The van der Waals surface area contributed by atoms with Crippen molar-refractivity contribution in [3.05, 3.63) is 0 Å². The van der Waals surface area contributed by atoms with Gasteiger partial charge in [0.2, 0.25) is 0 Å². The van der Waals surface area contributed by atoms with Crippen LogP contribution in [0, 0.1) is 17.3 Å². The molecule has 102 valence electrons. The summed E-state index contributed by atoms with van der Waals surface area (Å²) in [5, 5.41) is 3.48. The summed E-state index contributed by atoms with van der Waals surface area (Å²) in [5.74, 6) is 1.86. The number of ether oxygens (including phenoxy) is 1.